The lowest BCUT2D eigenvalue weighted by Gasteiger charge is -2.31. The number of likely N-dealkylation sites (tertiary alicyclic amines) is 1. The van der Waals surface area contributed by atoms with Crippen LogP contribution in [-0.2, 0) is 0 Å². The smallest absolute Gasteiger partial charge is 0.255 e. The number of carbonyl (C=O) groups excluding carboxylic acids is 1. The van der Waals surface area contributed by atoms with Crippen LogP contribution in [0.3, 0.4) is 0 Å². The Balaban J connectivity index is 1.83. The highest BCUT2D eigenvalue weighted by atomic mass is 127. The molecule has 0 radical (unpaired) electrons. The molecule has 1 aliphatic heterocycles. The van der Waals surface area contributed by atoms with Gasteiger partial charge in [-0.05, 0) is 66.0 Å². The van der Waals surface area contributed by atoms with Crippen LogP contribution in [0.5, 0.6) is 0 Å². The molecule has 3 rings (SSSR count). The third kappa shape index (κ3) is 2.51. The minimum atomic E-state index is -0.280. The molecule has 2 fully saturated rings. The normalized spacial score (nSPS) is 26.3. The Labute approximate surface area is 126 Å². The number of benzene rings is 1. The first-order valence-electron chi connectivity index (χ1n) is 6.93. The van der Waals surface area contributed by atoms with Crippen LogP contribution in [0.25, 0.3) is 0 Å². The number of hydrogen-bond acceptors (Lipinski definition) is 1. The highest BCUT2D eigenvalue weighted by molar-refractivity contribution is 14.1. The molecule has 0 aromatic heterocycles. The lowest BCUT2D eigenvalue weighted by atomic mass is 9.85. The molecule has 102 valence electrons. The van der Waals surface area contributed by atoms with Crippen LogP contribution < -0.4 is 0 Å². The van der Waals surface area contributed by atoms with E-state index in [0.717, 1.165) is 19.4 Å². The van der Waals surface area contributed by atoms with Crippen molar-refractivity contribution < 1.29 is 9.18 Å². The van der Waals surface area contributed by atoms with Gasteiger partial charge in [0.2, 0.25) is 0 Å². The summed E-state index contributed by atoms with van der Waals surface area (Å²) in [5.41, 5.74) is 0.647. The molecule has 1 aliphatic carbocycles. The van der Waals surface area contributed by atoms with Gasteiger partial charge < -0.3 is 4.90 Å². The molecule has 1 aromatic rings. The number of amides is 1. The van der Waals surface area contributed by atoms with E-state index in [1.54, 1.807) is 6.07 Å². The summed E-state index contributed by atoms with van der Waals surface area (Å²) < 4.78 is 13.8. The van der Waals surface area contributed by atoms with E-state index in [4.69, 9.17) is 0 Å². The zero-order valence-electron chi connectivity index (χ0n) is 10.7. The van der Waals surface area contributed by atoms with Gasteiger partial charge in [0.15, 0.2) is 0 Å². The Hall–Kier alpha value is -0.650. The van der Waals surface area contributed by atoms with Crippen molar-refractivity contribution in [2.75, 3.05) is 6.54 Å². The highest BCUT2D eigenvalue weighted by Gasteiger charge is 2.38. The molecule has 2 unspecified atom stereocenters. The second kappa shape index (κ2) is 5.38. The summed E-state index contributed by atoms with van der Waals surface area (Å²) in [5, 5.41) is 0. The van der Waals surface area contributed by atoms with Crippen molar-refractivity contribution in [3.8, 4) is 0 Å². The van der Waals surface area contributed by atoms with E-state index in [2.05, 4.69) is 0 Å². The first kappa shape index (κ1) is 13.3. The Kier molecular flexibility index (Phi) is 3.78. The molecule has 1 heterocycles. The summed E-state index contributed by atoms with van der Waals surface area (Å²) in [7, 11) is 0. The van der Waals surface area contributed by atoms with Crippen LogP contribution in [0.15, 0.2) is 18.2 Å². The van der Waals surface area contributed by atoms with Crippen LogP contribution in [0.2, 0.25) is 0 Å². The Morgan fingerprint density at radius 3 is 2.84 bits per heavy atom. The van der Waals surface area contributed by atoms with Crippen LogP contribution >= 0.6 is 22.6 Å². The maximum Gasteiger partial charge on any atom is 0.255 e. The second-order valence-electron chi connectivity index (χ2n) is 5.52. The van der Waals surface area contributed by atoms with Gasteiger partial charge in [0.05, 0.1) is 5.56 Å². The lowest BCUT2D eigenvalue weighted by molar-refractivity contribution is 0.0689. The summed E-state index contributed by atoms with van der Waals surface area (Å²) in [6.07, 6.45) is 6.06. The number of nitrogens with zero attached hydrogens (tertiary/aromatic N) is 1. The molecule has 2 nitrogen and oxygen atoms in total. The minimum absolute atomic E-state index is 0.0822. The van der Waals surface area contributed by atoms with Gasteiger partial charge in [-0.3, -0.25) is 4.79 Å². The van der Waals surface area contributed by atoms with E-state index < -0.39 is 0 Å². The predicted molar refractivity (Wildman–Crippen MR) is 80.5 cm³/mol. The van der Waals surface area contributed by atoms with Crippen molar-refractivity contribution >= 4 is 28.5 Å². The minimum Gasteiger partial charge on any atom is -0.335 e. The number of halogens is 2. The van der Waals surface area contributed by atoms with Gasteiger partial charge in [0, 0.05) is 16.2 Å². The summed E-state index contributed by atoms with van der Waals surface area (Å²) >= 11 is 2.05. The SMILES string of the molecule is O=C(c1ccc(F)cc1I)N1CCC2CCCCC21. The molecule has 1 aromatic carbocycles. The lowest BCUT2D eigenvalue weighted by Crippen LogP contribution is -2.39. The molecule has 1 saturated carbocycles. The molecule has 0 bridgehead atoms. The van der Waals surface area contributed by atoms with Gasteiger partial charge in [0.25, 0.3) is 5.91 Å². The molecule has 0 N–H and O–H groups in total. The van der Waals surface area contributed by atoms with Gasteiger partial charge >= 0.3 is 0 Å². The summed E-state index contributed by atoms with van der Waals surface area (Å²) in [6.45, 7) is 0.863. The molecule has 1 saturated heterocycles. The van der Waals surface area contributed by atoms with E-state index >= 15 is 0 Å². The molecular formula is C15H17FINO. The van der Waals surface area contributed by atoms with Crippen LogP contribution in [-0.4, -0.2) is 23.4 Å². The monoisotopic (exact) mass is 373 g/mol. The van der Waals surface area contributed by atoms with Gasteiger partial charge in [-0.2, -0.15) is 0 Å². The maximum atomic E-state index is 13.1. The van der Waals surface area contributed by atoms with E-state index in [1.807, 2.05) is 27.5 Å². The third-order valence-electron chi connectivity index (χ3n) is 4.43. The van der Waals surface area contributed by atoms with E-state index in [-0.39, 0.29) is 11.7 Å². The van der Waals surface area contributed by atoms with Crippen molar-refractivity contribution in [2.45, 2.75) is 38.1 Å². The van der Waals surface area contributed by atoms with Crippen LogP contribution in [0.1, 0.15) is 42.5 Å². The number of rotatable bonds is 1. The zero-order valence-corrected chi connectivity index (χ0v) is 12.9. The molecule has 1 amide bonds. The fourth-order valence-corrected chi connectivity index (χ4v) is 4.18. The van der Waals surface area contributed by atoms with Crippen molar-refractivity contribution in [2.24, 2.45) is 5.92 Å². The number of hydrogen-bond donors (Lipinski definition) is 0. The molecule has 19 heavy (non-hydrogen) atoms. The second-order valence-corrected chi connectivity index (χ2v) is 6.69. The topological polar surface area (TPSA) is 20.3 Å². The Morgan fingerprint density at radius 2 is 2.05 bits per heavy atom. The Morgan fingerprint density at radius 1 is 1.26 bits per heavy atom. The summed E-state index contributed by atoms with van der Waals surface area (Å²) in [5.74, 6) is 0.493. The molecule has 0 spiro atoms. The van der Waals surface area contributed by atoms with Crippen molar-refractivity contribution in [3.05, 3.63) is 33.1 Å². The van der Waals surface area contributed by atoms with Gasteiger partial charge in [-0.25, -0.2) is 4.39 Å². The maximum absolute atomic E-state index is 13.1. The summed E-state index contributed by atoms with van der Waals surface area (Å²) in [4.78, 5) is 14.7. The van der Waals surface area contributed by atoms with Gasteiger partial charge in [-0.15, -0.1) is 0 Å². The fraction of sp³-hybridized carbons (Fsp3) is 0.533. The van der Waals surface area contributed by atoms with Crippen molar-refractivity contribution in [1.82, 2.24) is 4.90 Å². The fourth-order valence-electron chi connectivity index (χ4n) is 3.48. The summed E-state index contributed by atoms with van der Waals surface area (Å²) in [6, 6.07) is 4.85. The predicted octanol–water partition coefficient (Wildman–Crippen LogP) is 3.84. The first-order chi connectivity index (χ1) is 9.16. The largest absolute Gasteiger partial charge is 0.335 e. The quantitative estimate of drug-likeness (QED) is 0.686. The molecule has 2 aliphatic rings. The van der Waals surface area contributed by atoms with Gasteiger partial charge in [-0.1, -0.05) is 12.8 Å². The third-order valence-corrected chi connectivity index (χ3v) is 5.32. The van der Waals surface area contributed by atoms with Crippen molar-refractivity contribution in [1.29, 1.82) is 0 Å². The van der Waals surface area contributed by atoms with Crippen LogP contribution in [0.4, 0.5) is 4.39 Å². The first-order valence-corrected chi connectivity index (χ1v) is 8.00. The number of carbonyl (C=O) groups is 1. The standard InChI is InChI=1S/C15H17FINO/c16-11-5-6-12(13(17)9-11)15(19)18-8-7-10-3-1-2-4-14(10)18/h5-6,9-10,14H,1-4,7-8H2. The molecule has 4 heteroatoms. The van der Waals surface area contributed by atoms with Gasteiger partial charge in [0.1, 0.15) is 5.82 Å². The average molecular weight is 373 g/mol. The molecular weight excluding hydrogens is 356 g/mol. The highest BCUT2D eigenvalue weighted by Crippen LogP contribution is 2.37. The van der Waals surface area contributed by atoms with Crippen LogP contribution in [0, 0.1) is 15.3 Å². The Bertz CT molecular complexity index is 505. The van der Waals surface area contributed by atoms with E-state index in [0.29, 0.717) is 21.1 Å². The number of fused-ring (bicyclic) bond motifs is 1. The molecule has 2 atom stereocenters. The van der Waals surface area contributed by atoms with E-state index in [1.165, 1.54) is 31.4 Å². The van der Waals surface area contributed by atoms with E-state index in [9.17, 15) is 9.18 Å². The zero-order chi connectivity index (χ0) is 13.4. The average Bonchev–Trinajstić information content (AvgIpc) is 2.82. The van der Waals surface area contributed by atoms with Crippen molar-refractivity contribution in [3.63, 3.8) is 0 Å².